The van der Waals surface area contributed by atoms with Gasteiger partial charge in [0.25, 0.3) is 0 Å². The van der Waals surface area contributed by atoms with Crippen LogP contribution in [0.15, 0.2) is 18.6 Å². The first-order valence-corrected chi connectivity index (χ1v) is 6.42. The van der Waals surface area contributed by atoms with Crippen molar-refractivity contribution < 1.29 is 4.74 Å². The molecule has 0 radical (unpaired) electrons. The molecule has 2 N–H and O–H groups in total. The van der Waals surface area contributed by atoms with Crippen LogP contribution in [-0.4, -0.2) is 26.4 Å². The van der Waals surface area contributed by atoms with E-state index in [2.05, 4.69) is 28.9 Å². The molecule has 19 heavy (non-hydrogen) atoms. The van der Waals surface area contributed by atoms with Gasteiger partial charge in [-0.2, -0.15) is 10.1 Å². The molecule has 0 atom stereocenters. The number of anilines is 1. The molecule has 2 heterocycles. The fourth-order valence-electron chi connectivity index (χ4n) is 1.63. The van der Waals surface area contributed by atoms with E-state index >= 15 is 0 Å². The number of nitrogens with two attached hydrogens (primary N) is 1. The van der Waals surface area contributed by atoms with Crippen LogP contribution >= 0.6 is 0 Å². The van der Waals surface area contributed by atoms with E-state index in [0.717, 1.165) is 12.1 Å². The van der Waals surface area contributed by atoms with Gasteiger partial charge in [-0.15, -0.1) is 0 Å². The van der Waals surface area contributed by atoms with Crippen molar-refractivity contribution in [2.75, 3.05) is 12.3 Å². The minimum absolute atomic E-state index is 0.361. The van der Waals surface area contributed by atoms with Crippen molar-refractivity contribution in [3.05, 3.63) is 24.3 Å². The van der Waals surface area contributed by atoms with Crippen molar-refractivity contribution in [3.63, 3.8) is 0 Å². The van der Waals surface area contributed by atoms with Gasteiger partial charge >= 0.3 is 0 Å². The zero-order valence-corrected chi connectivity index (χ0v) is 11.5. The molecule has 2 aromatic rings. The summed E-state index contributed by atoms with van der Waals surface area (Å²) in [4.78, 5) is 8.22. The van der Waals surface area contributed by atoms with Gasteiger partial charge in [0.1, 0.15) is 12.0 Å². The third-order valence-corrected chi connectivity index (χ3v) is 2.69. The summed E-state index contributed by atoms with van der Waals surface area (Å²) in [5.74, 6) is 1.32. The lowest BCUT2D eigenvalue weighted by Gasteiger charge is -2.09. The van der Waals surface area contributed by atoms with Gasteiger partial charge in [-0.3, -0.25) is 0 Å². The van der Waals surface area contributed by atoms with E-state index in [1.807, 2.05) is 19.2 Å². The second-order valence-corrected chi connectivity index (χ2v) is 4.60. The minimum atomic E-state index is 0.361. The topological polar surface area (TPSA) is 78.9 Å². The summed E-state index contributed by atoms with van der Waals surface area (Å²) in [5.41, 5.74) is 7.44. The van der Waals surface area contributed by atoms with Crippen molar-refractivity contribution in [1.82, 2.24) is 19.7 Å². The highest BCUT2D eigenvalue weighted by Crippen LogP contribution is 2.24. The van der Waals surface area contributed by atoms with E-state index in [1.165, 1.54) is 6.33 Å². The highest BCUT2D eigenvalue weighted by atomic mass is 16.5. The van der Waals surface area contributed by atoms with Gasteiger partial charge in [-0.05, 0) is 18.4 Å². The normalized spacial score (nSPS) is 10.9. The van der Waals surface area contributed by atoms with Gasteiger partial charge in [-0.1, -0.05) is 20.8 Å². The lowest BCUT2D eigenvalue weighted by atomic mass is 10.1. The third kappa shape index (κ3) is 2.83. The van der Waals surface area contributed by atoms with Gasteiger partial charge in [-0.25, -0.2) is 9.67 Å². The average molecular weight is 261 g/mol. The molecule has 0 spiro atoms. The van der Waals surface area contributed by atoms with Crippen LogP contribution in [0.3, 0.4) is 0 Å². The maximum absolute atomic E-state index is 6.03. The van der Waals surface area contributed by atoms with Crippen molar-refractivity contribution in [3.8, 4) is 11.7 Å². The monoisotopic (exact) mass is 261 g/mol. The Balaban J connectivity index is 2.33. The molecule has 0 saturated carbocycles. The Morgan fingerprint density at radius 1 is 1.37 bits per heavy atom. The summed E-state index contributed by atoms with van der Waals surface area (Å²) in [5, 5.41) is 4.45. The van der Waals surface area contributed by atoms with Gasteiger partial charge in [0, 0.05) is 6.20 Å². The summed E-state index contributed by atoms with van der Waals surface area (Å²) in [6.07, 6.45) is 4.18. The lowest BCUT2D eigenvalue weighted by Crippen LogP contribution is -2.08. The van der Waals surface area contributed by atoms with Gasteiger partial charge in [0.05, 0.1) is 12.3 Å². The summed E-state index contributed by atoms with van der Waals surface area (Å²) in [7, 11) is 0. The smallest absolute Gasteiger partial charge is 0.242 e. The van der Waals surface area contributed by atoms with E-state index in [4.69, 9.17) is 10.5 Å². The first-order chi connectivity index (χ1) is 9.13. The van der Waals surface area contributed by atoms with Gasteiger partial charge in [0.2, 0.25) is 5.88 Å². The standard InChI is InChI=1S/C13H19N5O/c1-4-7-19-13-11(14)12(15-8-16-13)18-6-5-10(17-18)9(2)3/h5-6,8-9H,4,7,14H2,1-3H3. The molecule has 0 aromatic carbocycles. The summed E-state index contributed by atoms with van der Waals surface area (Å²) < 4.78 is 7.14. The second kappa shape index (κ2) is 5.69. The van der Waals surface area contributed by atoms with Crippen LogP contribution in [0, 0.1) is 0 Å². The highest BCUT2D eigenvalue weighted by Gasteiger charge is 2.13. The van der Waals surface area contributed by atoms with E-state index < -0.39 is 0 Å². The zero-order valence-electron chi connectivity index (χ0n) is 11.5. The second-order valence-electron chi connectivity index (χ2n) is 4.60. The number of aromatic nitrogens is 4. The molecule has 0 aliphatic heterocycles. The quantitative estimate of drug-likeness (QED) is 0.892. The van der Waals surface area contributed by atoms with Gasteiger partial charge in [0.15, 0.2) is 5.82 Å². The van der Waals surface area contributed by atoms with Crippen LogP contribution in [0.4, 0.5) is 5.69 Å². The lowest BCUT2D eigenvalue weighted by molar-refractivity contribution is 0.306. The summed E-state index contributed by atoms with van der Waals surface area (Å²) in [6, 6.07) is 1.96. The molecule has 102 valence electrons. The fraction of sp³-hybridized carbons (Fsp3) is 0.462. The number of rotatable bonds is 5. The first kappa shape index (κ1) is 13.3. The van der Waals surface area contributed by atoms with Crippen LogP contribution in [0.25, 0.3) is 5.82 Å². The highest BCUT2D eigenvalue weighted by molar-refractivity contribution is 5.59. The maximum Gasteiger partial charge on any atom is 0.242 e. The van der Waals surface area contributed by atoms with Crippen molar-refractivity contribution in [2.45, 2.75) is 33.1 Å². The van der Waals surface area contributed by atoms with Crippen LogP contribution in [-0.2, 0) is 0 Å². The largest absolute Gasteiger partial charge is 0.476 e. The number of nitrogens with zero attached hydrogens (tertiary/aromatic N) is 4. The molecule has 0 saturated heterocycles. The molecular weight excluding hydrogens is 242 g/mol. The molecule has 2 rings (SSSR count). The fourth-order valence-corrected chi connectivity index (χ4v) is 1.63. The number of nitrogen functional groups attached to an aromatic ring is 1. The molecule has 0 bridgehead atoms. The van der Waals surface area contributed by atoms with Crippen LogP contribution in [0.2, 0.25) is 0 Å². The molecule has 6 nitrogen and oxygen atoms in total. The Bertz CT molecular complexity index is 550. The molecule has 0 unspecified atom stereocenters. The number of ether oxygens (including phenoxy) is 1. The maximum atomic E-state index is 6.03. The SMILES string of the molecule is CCCOc1ncnc(-n2ccc(C(C)C)n2)c1N. The average Bonchev–Trinajstić information content (AvgIpc) is 2.87. The molecule has 0 aliphatic carbocycles. The van der Waals surface area contributed by atoms with Crippen LogP contribution < -0.4 is 10.5 Å². The molecule has 0 aliphatic rings. The summed E-state index contributed by atoms with van der Waals surface area (Å²) >= 11 is 0. The van der Waals surface area contributed by atoms with E-state index in [1.54, 1.807) is 4.68 Å². The first-order valence-electron chi connectivity index (χ1n) is 6.42. The van der Waals surface area contributed by atoms with Crippen LogP contribution in [0.5, 0.6) is 5.88 Å². The van der Waals surface area contributed by atoms with Crippen molar-refractivity contribution in [1.29, 1.82) is 0 Å². The molecule has 2 aromatic heterocycles. The van der Waals surface area contributed by atoms with Crippen LogP contribution in [0.1, 0.15) is 38.8 Å². The number of hydrogen-bond acceptors (Lipinski definition) is 5. The van der Waals surface area contributed by atoms with Crippen molar-refractivity contribution in [2.24, 2.45) is 0 Å². The van der Waals surface area contributed by atoms with E-state index in [9.17, 15) is 0 Å². The Morgan fingerprint density at radius 3 is 2.79 bits per heavy atom. The van der Waals surface area contributed by atoms with E-state index in [-0.39, 0.29) is 0 Å². The summed E-state index contributed by atoms with van der Waals surface area (Å²) in [6.45, 7) is 6.79. The Labute approximate surface area is 112 Å². The zero-order chi connectivity index (χ0) is 13.8. The number of hydrogen-bond donors (Lipinski definition) is 1. The molecule has 6 heteroatoms. The minimum Gasteiger partial charge on any atom is -0.476 e. The Kier molecular flexibility index (Phi) is 3.99. The predicted molar refractivity (Wildman–Crippen MR) is 73.4 cm³/mol. The predicted octanol–water partition coefficient (Wildman–Crippen LogP) is 2.16. The Hall–Kier alpha value is -2.11. The molecule has 0 amide bonds. The third-order valence-electron chi connectivity index (χ3n) is 2.69. The van der Waals surface area contributed by atoms with Crippen molar-refractivity contribution >= 4 is 5.69 Å². The molecular formula is C13H19N5O. The Morgan fingerprint density at radius 2 is 2.16 bits per heavy atom. The van der Waals surface area contributed by atoms with Gasteiger partial charge < -0.3 is 10.5 Å². The molecule has 0 fully saturated rings. The van der Waals surface area contributed by atoms with E-state index in [0.29, 0.717) is 29.9 Å².